The van der Waals surface area contributed by atoms with Gasteiger partial charge in [-0.3, -0.25) is 9.59 Å². The first-order valence-electron chi connectivity index (χ1n) is 7.19. The molecule has 2 aromatic carbocycles. The highest BCUT2D eigenvalue weighted by Gasteiger charge is 2.08. The van der Waals surface area contributed by atoms with Crippen molar-refractivity contribution < 1.29 is 19.1 Å². The van der Waals surface area contributed by atoms with Crippen molar-refractivity contribution in [2.24, 2.45) is 5.73 Å². The molecule has 0 radical (unpaired) electrons. The van der Waals surface area contributed by atoms with Crippen LogP contribution in [0.4, 0.5) is 11.4 Å². The highest BCUT2D eigenvalue weighted by atomic mass is 16.5. The van der Waals surface area contributed by atoms with Crippen LogP contribution in [-0.4, -0.2) is 32.6 Å². The van der Waals surface area contributed by atoms with Gasteiger partial charge in [-0.1, -0.05) is 6.07 Å². The smallest absolute Gasteiger partial charge is 0.248 e. The van der Waals surface area contributed by atoms with E-state index in [0.29, 0.717) is 28.4 Å². The zero-order valence-corrected chi connectivity index (χ0v) is 13.5. The van der Waals surface area contributed by atoms with Crippen molar-refractivity contribution in [3.05, 3.63) is 48.0 Å². The highest BCUT2D eigenvalue weighted by Crippen LogP contribution is 2.28. The molecule has 7 heteroatoms. The van der Waals surface area contributed by atoms with Crippen molar-refractivity contribution in [2.75, 3.05) is 31.4 Å². The van der Waals surface area contributed by atoms with Crippen LogP contribution in [0.5, 0.6) is 11.5 Å². The summed E-state index contributed by atoms with van der Waals surface area (Å²) in [6.07, 6.45) is 0. The Bertz CT molecular complexity index is 746. The van der Waals surface area contributed by atoms with E-state index in [1.54, 1.807) is 50.6 Å². The van der Waals surface area contributed by atoms with Crippen LogP contribution in [0.2, 0.25) is 0 Å². The van der Waals surface area contributed by atoms with Crippen LogP contribution in [-0.2, 0) is 4.79 Å². The molecule has 2 aromatic rings. The Morgan fingerprint density at radius 3 is 2.54 bits per heavy atom. The zero-order chi connectivity index (χ0) is 17.5. The number of amides is 2. The molecule has 0 aromatic heterocycles. The van der Waals surface area contributed by atoms with Crippen LogP contribution >= 0.6 is 0 Å². The Morgan fingerprint density at radius 1 is 1.08 bits per heavy atom. The molecule has 0 fully saturated rings. The van der Waals surface area contributed by atoms with Crippen molar-refractivity contribution in [3.63, 3.8) is 0 Å². The average Bonchev–Trinajstić information content (AvgIpc) is 2.59. The summed E-state index contributed by atoms with van der Waals surface area (Å²) in [7, 11) is 3.10. The molecule has 2 amide bonds. The average molecular weight is 329 g/mol. The standard InChI is InChI=1S/C17H19N3O4/c1-23-13-6-7-15(24-2)14(9-13)19-10-16(21)20-12-5-3-4-11(8-12)17(18)22/h3-9,19H,10H2,1-2H3,(H2,18,22)(H,20,21). The quantitative estimate of drug-likeness (QED) is 0.719. The summed E-state index contributed by atoms with van der Waals surface area (Å²) in [5.74, 6) is 0.416. The second kappa shape index (κ2) is 7.87. The van der Waals surface area contributed by atoms with Gasteiger partial charge in [0, 0.05) is 17.3 Å². The van der Waals surface area contributed by atoms with Crippen LogP contribution in [0.1, 0.15) is 10.4 Å². The van der Waals surface area contributed by atoms with Crippen molar-refractivity contribution in [1.29, 1.82) is 0 Å². The van der Waals surface area contributed by atoms with Gasteiger partial charge in [-0.05, 0) is 30.3 Å². The topological polar surface area (TPSA) is 103 Å². The Kier molecular flexibility index (Phi) is 5.62. The Morgan fingerprint density at radius 2 is 1.88 bits per heavy atom. The lowest BCUT2D eigenvalue weighted by Crippen LogP contribution is -2.22. The predicted octanol–water partition coefficient (Wildman–Crippen LogP) is 1.85. The van der Waals surface area contributed by atoms with E-state index in [-0.39, 0.29) is 12.5 Å². The number of primary amides is 1. The Hall–Kier alpha value is -3.22. The summed E-state index contributed by atoms with van der Waals surface area (Å²) in [6, 6.07) is 11.7. The molecule has 0 atom stereocenters. The number of methoxy groups -OCH3 is 2. The molecule has 4 N–H and O–H groups in total. The number of hydrogen-bond acceptors (Lipinski definition) is 5. The molecule has 0 bridgehead atoms. The summed E-state index contributed by atoms with van der Waals surface area (Å²) in [5.41, 5.74) is 6.68. The fraction of sp³-hybridized carbons (Fsp3) is 0.176. The fourth-order valence-corrected chi connectivity index (χ4v) is 2.08. The molecule has 0 saturated heterocycles. The van der Waals surface area contributed by atoms with Gasteiger partial charge in [0.25, 0.3) is 0 Å². The van der Waals surface area contributed by atoms with Gasteiger partial charge >= 0.3 is 0 Å². The summed E-state index contributed by atoms with van der Waals surface area (Å²) in [6.45, 7) is 0.0182. The zero-order valence-electron chi connectivity index (χ0n) is 13.5. The molecule has 0 saturated carbocycles. The molecule has 0 aliphatic heterocycles. The third-order valence-corrected chi connectivity index (χ3v) is 3.28. The van der Waals surface area contributed by atoms with Gasteiger partial charge in [-0.2, -0.15) is 0 Å². The minimum absolute atomic E-state index is 0.0182. The third kappa shape index (κ3) is 4.39. The monoisotopic (exact) mass is 329 g/mol. The number of benzene rings is 2. The molecule has 0 spiro atoms. The van der Waals surface area contributed by atoms with E-state index in [1.807, 2.05) is 0 Å². The van der Waals surface area contributed by atoms with E-state index in [2.05, 4.69) is 10.6 Å². The minimum atomic E-state index is -0.551. The lowest BCUT2D eigenvalue weighted by Gasteiger charge is -2.13. The maximum absolute atomic E-state index is 12.1. The molecule has 0 aliphatic rings. The molecule has 0 heterocycles. The van der Waals surface area contributed by atoms with Crippen molar-refractivity contribution >= 4 is 23.2 Å². The third-order valence-electron chi connectivity index (χ3n) is 3.28. The van der Waals surface area contributed by atoms with Gasteiger partial charge < -0.3 is 25.8 Å². The van der Waals surface area contributed by atoms with Crippen LogP contribution in [0.3, 0.4) is 0 Å². The fourth-order valence-electron chi connectivity index (χ4n) is 2.08. The lowest BCUT2D eigenvalue weighted by atomic mass is 10.2. The second-order valence-electron chi connectivity index (χ2n) is 4.91. The van der Waals surface area contributed by atoms with Gasteiger partial charge in [0.1, 0.15) is 11.5 Å². The summed E-state index contributed by atoms with van der Waals surface area (Å²) in [5, 5.41) is 5.68. The SMILES string of the molecule is COc1ccc(OC)c(NCC(=O)Nc2cccc(C(N)=O)c2)c1. The van der Waals surface area contributed by atoms with Crippen molar-refractivity contribution in [1.82, 2.24) is 0 Å². The normalized spacial score (nSPS) is 9.92. The van der Waals surface area contributed by atoms with E-state index in [1.165, 1.54) is 6.07 Å². The first kappa shape index (κ1) is 17.1. The lowest BCUT2D eigenvalue weighted by molar-refractivity contribution is -0.114. The molecule has 7 nitrogen and oxygen atoms in total. The summed E-state index contributed by atoms with van der Waals surface area (Å²) < 4.78 is 10.4. The molecule has 24 heavy (non-hydrogen) atoms. The maximum atomic E-state index is 12.1. The number of nitrogens with one attached hydrogen (secondary N) is 2. The predicted molar refractivity (Wildman–Crippen MR) is 91.6 cm³/mol. The Balaban J connectivity index is 2.01. The highest BCUT2D eigenvalue weighted by molar-refractivity contribution is 5.97. The molecule has 2 rings (SSSR count). The number of carbonyl (C=O) groups is 2. The molecule has 0 aliphatic carbocycles. The number of carbonyl (C=O) groups excluding carboxylic acids is 2. The van der Waals surface area contributed by atoms with Gasteiger partial charge in [0.2, 0.25) is 11.8 Å². The molecular weight excluding hydrogens is 310 g/mol. The maximum Gasteiger partial charge on any atom is 0.248 e. The van der Waals surface area contributed by atoms with Crippen molar-refractivity contribution in [3.8, 4) is 11.5 Å². The van der Waals surface area contributed by atoms with Gasteiger partial charge in [-0.15, -0.1) is 0 Å². The number of nitrogens with two attached hydrogens (primary N) is 1. The van der Waals surface area contributed by atoms with Gasteiger partial charge in [-0.25, -0.2) is 0 Å². The summed E-state index contributed by atoms with van der Waals surface area (Å²) in [4.78, 5) is 23.2. The number of rotatable bonds is 7. The number of hydrogen-bond donors (Lipinski definition) is 3. The van der Waals surface area contributed by atoms with Crippen LogP contribution in [0.15, 0.2) is 42.5 Å². The van der Waals surface area contributed by atoms with E-state index in [4.69, 9.17) is 15.2 Å². The van der Waals surface area contributed by atoms with E-state index >= 15 is 0 Å². The van der Waals surface area contributed by atoms with E-state index < -0.39 is 5.91 Å². The number of ether oxygens (including phenoxy) is 2. The van der Waals surface area contributed by atoms with Crippen LogP contribution in [0.25, 0.3) is 0 Å². The van der Waals surface area contributed by atoms with E-state index in [0.717, 1.165) is 0 Å². The van der Waals surface area contributed by atoms with Gasteiger partial charge in [0.05, 0.1) is 26.5 Å². The van der Waals surface area contributed by atoms with Gasteiger partial charge in [0.15, 0.2) is 0 Å². The molecule has 0 unspecified atom stereocenters. The van der Waals surface area contributed by atoms with E-state index in [9.17, 15) is 9.59 Å². The van der Waals surface area contributed by atoms with Crippen LogP contribution < -0.4 is 25.8 Å². The summed E-state index contributed by atoms with van der Waals surface area (Å²) >= 11 is 0. The molecule has 126 valence electrons. The first-order valence-corrected chi connectivity index (χ1v) is 7.19. The second-order valence-corrected chi connectivity index (χ2v) is 4.91. The minimum Gasteiger partial charge on any atom is -0.497 e. The largest absolute Gasteiger partial charge is 0.497 e. The first-order chi connectivity index (χ1) is 11.5. The van der Waals surface area contributed by atoms with Crippen molar-refractivity contribution in [2.45, 2.75) is 0 Å². The molecular formula is C17H19N3O4. The number of anilines is 2. The van der Waals surface area contributed by atoms with Crippen LogP contribution in [0, 0.1) is 0 Å². The Labute approximate surface area is 139 Å².